The van der Waals surface area contributed by atoms with Crippen molar-refractivity contribution in [3.05, 3.63) is 62.9 Å². The number of rotatable bonds is 8. The fourth-order valence-electron chi connectivity index (χ4n) is 4.43. The molecule has 2 aliphatic heterocycles. The van der Waals surface area contributed by atoms with Gasteiger partial charge in [-0.25, -0.2) is 8.70 Å². The van der Waals surface area contributed by atoms with Crippen LogP contribution in [-0.2, 0) is 6.54 Å². The molecular formula is C25H28Cl2FN3O2S. The highest BCUT2D eigenvalue weighted by molar-refractivity contribution is 7.95. The van der Waals surface area contributed by atoms with E-state index in [-0.39, 0.29) is 11.7 Å². The minimum atomic E-state index is -0.537. The number of amides is 1. The molecule has 9 heteroatoms. The van der Waals surface area contributed by atoms with E-state index in [4.69, 9.17) is 27.9 Å². The van der Waals surface area contributed by atoms with E-state index in [9.17, 15) is 9.18 Å². The minimum Gasteiger partial charge on any atom is -0.489 e. The highest BCUT2D eigenvalue weighted by Crippen LogP contribution is 2.45. The molecule has 5 rings (SSSR count). The monoisotopic (exact) mass is 523 g/mol. The number of nitrogens with one attached hydrogen (secondary N) is 1. The molecule has 0 aromatic heterocycles. The zero-order valence-electron chi connectivity index (χ0n) is 18.9. The van der Waals surface area contributed by atoms with Crippen molar-refractivity contribution in [2.24, 2.45) is 0 Å². The first-order valence-electron chi connectivity index (χ1n) is 11.8. The van der Waals surface area contributed by atoms with Crippen LogP contribution in [0.1, 0.15) is 59.5 Å². The molecule has 1 aliphatic carbocycles. The zero-order valence-corrected chi connectivity index (χ0v) is 21.2. The van der Waals surface area contributed by atoms with Crippen molar-refractivity contribution in [1.29, 1.82) is 0 Å². The Morgan fingerprint density at radius 3 is 2.62 bits per heavy atom. The fourth-order valence-corrected chi connectivity index (χ4v) is 5.51. The van der Waals surface area contributed by atoms with Crippen LogP contribution >= 0.6 is 35.3 Å². The van der Waals surface area contributed by atoms with E-state index in [2.05, 4.69) is 9.62 Å². The summed E-state index contributed by atoms with van der Waals surface area (Å²) >= 11 is 13.5. The van der Waals surface area contributed by atoms with Crippen LogP contribution < -0.4 is 9.46 Å². The number of benzene rings is 2. The van der Waals surface area contributed by atoms with Gasteiger partial charge in [-0.1, -0.05) is 29.3 Å². The summed E-state index contributed by atoms with van der Waals surface area (Å²) in [7, 11) is 0. The number of likely N-dealkylation sites (tertiary alicyclic amines) is 1. The van der Waals surface area contributed by atoms with E-state index in [1.807, 2.05) is 22.5 Å². The lowest BCUT2D eigenvalue weighted by atomic mass is 10.0. The summed E-state index contributed by atoms with van der Waals surface area (Å²) in [6, 6.07) is 8.82. The molecule has 3 aliphatic rings. The van der Waals surface area contributed by atoms with E-state index in [1.165, 1.54) is 18.2 Å². The maximum absolute atomic E-state index is 15.0. The van der Waals surface area contributed by atoms with Gasteiger partial charge in [0.05, 0.1) is 15.6 Å². The number of piperidine rings is 1. The quantitative estimate of drug-likeness (QED) is 0.426. The molecule has 2 aromatic carbocycles. The van der Waals surface area contributed by atoms with Gasteiger partial charge in [0.15, 0.2) is 0 Å². The average Bonchev–Trinajstić information content (AvgIpc) is 3.61. The van der Waals surface area contributed by atoms with Gasteiger partial charge in [0, 0.05) is 44.4 Å². The molecule has 3 fully saturated rings. The van der Waals surface area contributed by atoms with Gasteiger partial charge in [0.2, 0.25) is 0 Å². The number of ether oxygens (including phenoxy) is 1. The molecule has 0 bridgehead atoms. The lowest BCUT2D eigenvalue weighted by Gasteiger charge is -2.33. The first kappa shape index (κ1) is 24.2. The number of hydrogen-bond donors (Lipinski definition) is 1. The topological polar surface area (TPSA) is 44.8 Å². The van der Waals surface area contributed by atoms with Crippen LogP contribution in [0.3, 0.4) is 0 Å². The lowest BCUT2D eigenvalue weighted by Crippen LogP contribution is -2.40. The number of halogens is 3. The van der Waals surface area contributed by atoms with Crippen molar-refractivity contribution in [3.8, 4) is 5.75 Å². The second-order valence-corrected chi connectivity index (χ2v) is 11.0. The Morgan fingerprint density at radius 1 is 1.09 bits per heavy atom. The molecule has 2 saturated heterocycles. The summed E-state index contributed by atoms with van der Waals surface area (Å²) in [6.45, 7) is 4.36. The second kappa shape index (κ2) is 10.6. The van der Waals surface area contributed by atoms with Crippen LogP contribution in [0.5, 0.6) is 5.75 Å². The molecule has 1 saturated carbocycles. The van der Waals surface area contributed by atoms with Crippen LogP contribution in [0.4, 0.5) is 4.39 Å². The summed E-state index contributed by atoms with van der Waals surface area (Å²) in [6.07, 6.45) is 5.09. The largest absolute Gasteiger partial charge is 0.489 e. The van der Waals surface area contributed by atoms with Crippen LogP contribution in [0, 0.1) is 5.82 Å². The standard InChI is InChI=1S/C25H28Cl2FN3O2S/c26-21-7-4-16(11-22(21)27)14-30-8-1-3-18(15-30)33-24-13-23(28)20(12-19(24)17-5-6-17)25(32)29-34-31-9-2-10-31/h4,7,11-13,17-18H,1-3,5-6,8-10,14-15H2,(H,29,32). The zero-order chi connectivity index (χ0) is 23.7. The number of nitrogens with zero attached hydrogens (tertiary/aromatic N) is 2. The van der Waals surface area contributed by atoms with Crippen molar-refractivity contribution in [1.82, 2.24) is 13.9 Å². The third kappa shape index (κ3) is 5.82. The maximum Gasteiger partial charge on any atom is 0.265 e. The molecule has 0 radical (unpaired) electrons. The molecule has 1 unspecified atom stereocenters. The molecule has 2 heterocycles. The second-order valence-electron chi connectivity index (χ2n) is 9.31. The normalized spacial score (nSPS) is 21.2. The third-order valence-electron chi connectivity index (χ3n) is 6.59. The summed E-state index contributed by atoms with van der Waals surface area (Å²) in [5.74, 6) is -0.0210. The summed E-state index contributed by atoms with van der Waals surface area (Å²) < 4.78 is 26.1. The lowest BCUT2D eigenvalue weighted by molar-refractivity contribution is 0.0832. The average molecular weight is 524 g/mol. The Morgan fingerprint density at radius 2 is 1.91 bits per heavy atom. The Hall–Kier alpha value is -1.51. The highest BCUT2D eigenvalue weighted by atomic mass is 35.5. The van der Waals surface area contributed by atoms with Gasteiger partial charge in [-0.2, -0.15) is 0 Å². The molecule has 34 heavy (non-hydrogen) atoms. The smallest absolute Gasteiger partial charge is 0.265 e. The van der Waals surface area contributed by atoms with Gasteiger partial charge in [0.1, 0.15) is 17.7 Å². The SMILES string of the molecule is O=C(NSN1CCC1)c1cc(C2CC2)c(OC2CCCN(Cc3ccc(Cl)c(Cl)c3)C2)cc1F. The fraction of sp³-hybridized carbons (Fsp3) is 0.480. The van der Waals surface area contributed by atoms with Crippen LogP contribution in [0.25, 0.3) is 0 Å². The minimum absolute atomic E-state index is 0.0323. The Labute approximate surface area is 214 Å². The van der Waals surface area contributed by atoms with E-state index < -0.39 is 11.7 Å². The number of hydrogen-bond acceptors (Lipinski definition) is 5. The van der Waals surface area contributed by atoms with E-state index in [1.54, 1.807) is 6.07 Å². The number of carbonyl (C=O) groups is 1. The van der Waals surface area contributed by atoms with Gasteiger partial charge in [-0.3, -0.25) is 14.4 Å². The molecular weight excluding hydrogens is 496 g/mol. The highest BCUT2D eigenvalue weighted by Gasteiger charge is 2.31. The van der Waals surface area contributed by atoms with Crippen LogP contribution in [-0.4, -0.2) is 47.4 Å². The van der Waals surface area contributed by atoms with Gasteiger partial charge in [-0.05, 0) is 73.9 Å². The van der Waals surface area contributed by atoms with Gasteiger partial charge in [-0.15, -0.1) is 0 Å². The Bertz CT molecular complexity index is 1060. The molecule has 5 nitrogen and oxygen atoms in total. The van der Waals surface area contributed by atoms with E-state index in [0.717, 1.165) is 76.0 Å². The summed E-state index contributed by atoms with van der Waals surface area (Å²) in [4.78, 5) is 14.9. The third-order valence-corrected chi connectivity index (χ3v) is 8.23. The summed E-state index contributed by atoms with van der Waals surface area (Å²) in [5, 5.41) is 1.11. The molecule has 1 amide bonds. The van der Waals surface area contributed by atoms with Gasteiger partial charge in [0.25, 0.3) is 5.91 Å². The van der Waals surface area contributed by atoms with Crippen molar-refractivity contribution < 1.29 is 13.9 Å². The van der Waals surface area contributed by atoms with Crippen molar-refractivity contribution in [3.63, 3.8) is 0 Å². The van der Waals surface area contributed by atoms with Gasteiger partial charge < -0.3 is 4.74 Å². The molecule has 182 valence electrons. The molecule has 1 atom stereocenters. The predicted molar refractivity (Wildman–Crippen MR) is 135 cm³/mol. The Kier molecular flexibility index (Phi) is 7.56. The van der Waals surface area contributed by atoms with Gasteiger partial charge >= 0.3 is 0 Å². The van der Waals surface area contributed by atoms with Crippen molar-refractivity contribution >= 4 is 41.2 Å². The van der Waals surface area contributed by atoms with E-state index in [0.29, 0.717) is 21.7 Å². The Balaban J connectivity index is 1.26. The predicted octanol–water partition coefficient (Wildman–Crippen LogP) is 6.05. The van der Waals surface area contributed by atoms with Crippen LogP contribution in [0.2, 0.25) is 10.0 Å². The first-order valence-corrected chi connectivity index (χ1v) is 13.4. The van der Waals surface area contributed by atoms with Crippen LogP contribution in [0.15, 0.2) is 30.3 Å². The first-order chi connectivity index (χ1) is 16.5. The summed E-state index contributed by atoms with van der Waals surface area (Å²) in [5.41, 5.74) is 2.14. The number of carbonyl (C=O) groups excluding carboxylic acids is 1. The van der Waals surface area contributed by atoms with Crippen molar-refractivity contribution in [2.45, 2.75) is 50.7 Å². The molecule has 2 aromatic rings. The molecule has 1 N–H and O–H groups in total. The van der Waals surface area contributed by atoms with E-state index >= 15 is 0 Å². The molecule has 0 spiro atoms. The van der Waals surface area contributed by atoms with Crippen molar-refractivity contribution in [2.75, 3.05) is 26.2 Å². The maximum atomic E-state index is 15.0.